The molecule has 2 rings (SSSR count). The molecule has 2 fully saturated rings. The highest BCUT2D eigenvalue weighted by Crippen LogP contribution is 2.44. The summed E-state index contributed by atoms with van der Waals surface area (Å²) in [7, 11) is 2.06. The van der Waals surface area contributed by atoms with E-state index < -0.39 is 6.10 Å². The molecule has 1 N–H and O–H groups in total. The molecule has 29 heavy (non-hydrogen) atoms. The fourth-order valence-corrected chi connectivity index (χ4v) is 5.18. The second-order valence-corrected chi connectivity index (χ2v) is 11.4. The van der Waals surface area contributed by atoms with Gasteiger partial charge in [-0.1, -0.05) is 6.92 Å². The molecular weight excluding hydrogens is 368 g/mol. The molecule has 0 aliphatic carbocycles. The van der Waals surface area contributed by atoms with Gasteiger partial charge in [0.25, 0.3) is 0 Å². The van der Waals surface area contributed by atoms with Crippen LogP contribution in [-0.2, 0) is 19.1 Å². The van der Waals surface area contributed by atoms with E-state index in [2.05, 4.69) is 58.8 Å². The Morgan fingerprint density at radius 3 is 2.00 bits per heavy atom. The van der Waals surface area contributed by atoms with Crippen molar-refractivity contribution in [3.8, 4) is 0 Å². The number of ether oxygens (including phenoxy) is 2. The number of nitrogens with one attached hydrogen (secondary N) is 1. The van der Waals surface area contributed by atoms with Gasteiger partial charge in [-0.3, -0.25) is 14.5 Å². The van der Waals surface area contributed by atoms with Gasteiger partial charge in [-0.2, -0.15) is 0 Å². The van der Waals surface area contributed by atoms with Crippen molar-refractivity contribution in [1.29, 1.82) is 0 Å². The first-order chi connectivity index (χ1) is 13.0. The summed E-state index contributed by atoms with van der Waals surface area (Å²) in [4.78, 5) is 27.9. The lowest BCUT2D eigenvalue weighted by Crippen LogP contribution is -2.48. The first-order valence-electron chi connectivity index (χ1n) is 10.9. The van der Waals surface area contributed by atoms with E-state index in [4.69, 9.17) is 9.47 Å². The van der Waals surface area contributed by atoms with Crippen LogP contribution in [0.3, 0.4) is 0 Å². The summed E-state index contributed by atoms with van der Waals surface area (Å²) in [5.41, 5.74) is -0.754. The van der Waals surface area contributed by atoms with Crippen LogP contribution in [0.4, 0.5) is 0 Å². The van der Waals surface area contributed by atoms with E-state index in [1.165, 1.54) is 0 Å². The zero-order valence-corrected chi connectivity index (χ0v) is 20.1. The van der Waals surface area contributed by atoms with Gasteiger partial charge in [-0.25, -0.2) is 0 Å². The van der Waals surface area contributed by atoms with E-state index in [0.29, 0.717) is 6.42 Å². The van der Waals surface area contributed by atoms with Crippen molar-refractivity contribution in [1.82, 2.24) is 10.2 Å². The molecule has 2 saturated heterocycles. The Labute approximate surface area is 177 Å². The number of nitrogens with zero attached hydrogens (tertiary/aromatic N) is 1. The van der Waals surface area contributed by atoms with Gasteiger partial charge < -0.3 is 14.8 Å². The van der Waals surface area contributed by atoms with Crippen LogP contribution in [0.15, 0.2) is 0 Å². The van der Waals surface area contributed by atoms with Crippen molar-refractivity contribution < 1.29 is 19.1 Å². The Hall–Kier alpha value is -1.14. The van der Waals surface area contributed by atoms with Crippen LogP contribution in [0, 0.1) is 11.8 Å². The third kappa shape index (κ3) is 4.96. The molecule has 3 atom stereocenters. The van der Waals surface area contributed by atoms with Crippen LogP contribution in [0.2, 0.25) is 0 Å². The van der Waals surface area contributed by atoms with Gasteiger partial charge in [0.15, 0.2) is 0 Å². The number of hydrogen-bond donors (Lipinski definition) is 1. The summed E-state index contributed by atoms with van der Waals surface area (Å²) in [6.07, 6.45) is 1.68. The Morgan fingerprint density at radius 1 is 1.00 bits per heavy atom. The van der Waals surface area contributed by atoms with E-state index in [9.17, 15) is 9.59 Å². The van der Waals surface area contributed by atoms with E-state index in [0.717, 1.165) is 12.8 Å². The van der Waals surface area contributed by atoms with Crippen molar-refractivity contribution in [2.45, 2.75) is 110 Å². The molecule has 2 aliphatic heterocycles. The highest BCUT2D eigenvalue weighted by Gasteiger charge is 2.53. The third-order valence-electron chi connectivity index (χ3n) is 7.29. The van der Waals surface area contributed by atoms with Crippen LogP contribution in [0.5, 0.6) is 0 Å². The Morgan fingerprint density at radius 2 is 1.59 bits per heavy atom. The van der Waals surface area contributed by atoms with Crippen LogP contribution in [0.1, 0.15) is 81.6 Å². The molecule has 6 heteroatoms. The van der Waals surface area contributed by atoms with Crippen molar-refractivity contribution in [2.75, 3.05) is 13.7 Å². The van der Waals surface area contributed by atoms with Crippen molar-refractivity contribution >= 4 is 11.9 Å². The second kappa shape index (κ2) is 7.84. The van der Waals surface area contributed by atoms with Gasteiger partial charge in [-0.05, 0) is 81.7 Å². The molecule has 0 amide bonds. The Bertz CT molecular complexity index is 639. The number of hydrogen-bond acceptors (Lipinski definition) is 6. The van der Waals surface area contributed by atoms with E-state index >= 15 is 0 Å². The summed E-state index contributed by atoms with van der Waals surface area (Å²) < 4.78 is 11.4. The van der Waals surface area contributed by atoms with Crippen molar-refractivity contribution in [2.24, 2.45) is 11.8 Å². The number of rotatable bonds is 6. The second-order valence-electron chi connectivity index (χ2n) is 11.4. The fourth-order valence-electron chi connectivity index (χ4n) is 5.18. The normalized spacial score (nSPS) is 30.7. The third-order valence-corrected chi connectivity index (χ3v) is 7.29. The lowest BCUT2D eigenvalue weighted by atomic mass is 9.87. The molecule has 0 spiro atoms. The summed E-state index contributed by atoms with van der Waals surface area (Å²) in [5.74, 6) is -0.830. The van der Waals surface area contributed by atoms with Gasteiger partial charge in [0.05, 0.1) is 11.8 Å². The summed E-state index contributed by atoms with van der Waals surface area (Å²) in [5, 5.41) is 3.50. The number of carbonyl (C=O) groups is 2. The van der Waals surface area contributed by atoms with Gasteiger partial charge in [0, 0.05) is 22.2 Å². The quantitative estimate of drug-likeness (QED) is 0.676. The zero-order chi connectivity index (χ0) is 22.4. The lowest BCUT2D eigenvalue weighted by molar-refractivity contribution is -0.166. The Kier molecular flexibility index (Phi) is 6.53. The van der Waals surface area contributed by atoms with Gasteiger partial charge in [-0.15, -0.1) is 0 Å². The summed E-state index contributed by atoms with van der Waals surface area (Å²) in [6.45, 7) is 18.8. The van der Waals surface area contributed by atoms with Crippen molar-refractivity contribution in [3.05, 3.63) is 0 Å². The minimum atomic E-state index is -0.415. The van der Waals surface area contributed by atoms with Crippen LogP contribution < -0.4 is 5.32 Å². The molecule has 3 unspecified atom stereocenters. The van der Waals surface area contributed by atoms with E-state index in [1.807, 2.05) is 20.8 Å². The minimum Gasteiger partial charge on any atom is -0.461 e. The summed E-state index contributed by atoms with van der Waals surface area (Å²) in [6, 6.07) is 0. The minimum absolute atomic E-state index is 0.0603. The largest absolute Gasteiger partial charge is 0.461 e. The van der Waals surface area contributed by atoms with Gasteiger partial charge >= 0.3 is 11.9 Å². The van der Waals surface area contributed by atoms with Gasteiger partial charge in [0.2, 0.25) is 0 Å². The predicted molar refractivity (Wildman–Crippen MR) is 115 cm³/mol. The molecule has 168 valence electrons. The molecule has 0 radical (unpaired) electrons. The van der Waals surface area contributed by atoms with Gasteiger partial charge in [0.1, 0.15) is 12.7 Å². The van der Waals surface area contributed by atoms with Crippen LogP contribution >= 0.6 is 0 Å². The zero-order valence-electron chi connectivity index (χ0n) is 20.1. The predicted octanol–water partition coefficient (Wildman–Crippen LogP) is 3.53. The molecule has 0 aromatic heterocycles. The molecule has 2 heterocycles. The molecule has 2 aliphatic rings. The van der Waals surface area contributed by atoms with Crippen molar-refractivity contribution in [3.63, 3.8) is 0 Å². The molecule has 0 aromatic rings. The monoisotopic (exact) mass is 410 g/mol. The summed E-state index contributed by atoms with van der Waals surface area (Å²) >= 11 is 0. The first kappa shape index (κ1) is 24.1. The average molecular weight is 411 g/mol. The molecular formula is C23H42N2O4. The topological polar surface area (TPSA) is 67.9 Å². The Balaban J connectivity index is 1.96. The molecule has 0 saturated carbocycles. The maximum absolute atomic E-state index is 13.0. The number of esters is 2. The fraction of sp³-hybridized carbons (Fsp3) is 0.913. The molecule has 0 aromatic carbocycles. The van der Waals surface area contributed by atoms with Crippen LogP contribution in [0.25, 0.3) is 0 Å². The first-order valence-corrected chi connectivity index (χ1v) is 10.9. The van der Waals surface area contributed by atoms with E-state index in [1.54, 1.807) is 0 Å². The standard InChI is InChI=1S/C23H42N2O4/c1-11-15(14-28-18(26)16-12-20(2,3)24-22(16,6)7)29-19(27)17-13-21(4,5)25(10)23(17,8)9/h15-17,24H,11-14H2,1-10H3. The maximum atomic E-state index is 13.0. The highest BCUT2D eigenvalue weighted by molar-refractivity contribution is 5.76. The highest BCUT2D eigenvalue weighted by atomic mass is 16.6. The SMILES string of the molecule is CCC(COC(=O)C1CC(C)(C)NC1(C)C)OC(=O)C1CC(C)(C)N(C)C1(C)C. The average Bonchev–Trinajstić information content (AvgIpc) is 2.90. The maximum Gasteiger partial charge on any atom is 0.311 e. The molecule has 0 bridgehead atoms. The smallest absolute Gasteiger partial charge is 0.311 e. The van der Waals surface area contributed by atoms with E-state index in [-0.39, 0.29) is 52.5 Å². The molecule has 6 nitrogen and oxygen atoms in total. The van der Waals surface area contributed by atoms with Crippen LogP contribution in [-0.4, -0.2) is 58.8 Å². The number of carbonyl (C=O) groups excluding carboxylic acids is 2. The number of likely N-dealkylation sites (tertiary alicyclic amines) is 1. The lowest BCUT2D eigenvalue weighted by Gasteiger charge is -2.38.